The molecule has 0 amide bonds. The van der Waals surface area contributed by atoms with E-state index in [2.05, 4.69) is 15.9 Å². The van der Waals surface area contributed by atoms with Gasteiger partial charge in [-0.2, -0.15) is 4.31 Å². The summed E-state index contributed by atoms with van der Waals surface area (Å²) in [5.41, 5.74) is 0.544. The van der Waals surface area contributed by atoms with Gasteiger partial charge in [0.05, 0.1) is 19.4 Å². The van der Waals surface area contributed by atoms with E-state index in [-0.39, 0.29) is 17.5 Å². The molecule has 26 heavy (non-hydrogen) atoms. The molecule has 3 fully saturated rings. The van der Waals surface area contributed by atoms with Crippen molar-refractivity contribution in [1.82, 2.24) is 4.31 Å². The van der Waals surface area contributed by atoms with Gasteiger partial charge in [-0.3, -0.25) is 0 Å². The van der Waals surface area contributed by atoms with Gasteiger partial charge in [0.2, 0.25) is 10.0 Å². The quantitative estimate of drug-likeness (QED) is 0.625. The van der Waals surface area contributed by atoms with Crippen molar-refractivity contribution in [1.29, 1.82) is 0 Å². The van der Waals surface area contributed by atoms with Crippen LogP contribution in [0.2, 0.25) is 5.02 Å². The molecule has 2 bridgehead atoms. The van der Waals surface area contributed by atoms with Crippen molar-refractivity contribution < 1.29 is 12.8 Å². The second-order valence-corrected chi connectivity index (χ2v) is 11.5. The van der Waals surface area contributed by atoms with Crippen LogP contribution < -0.4 is 4.90 Å². The molecule has 0 N–H and O–H groups in total. The minimum atomic E-state index is -3.72. The smallest absolute Gasteiger partial charge is 0.243 e. The van der Waals surface area contributed by atoms with Gasteiger partial charge in [0, 0.05) is 26.2 Å². The predicted octanol–water partition coefficient (Wildman–Crippen LogP) is 4.68. The van der Waals surface area contributed by atoms with E-state index in [1.807, 2.05) is 23.4 Å². The number of sulfonamides is 1. The van der Waals surface area contributed by atoms with Crippen molar-refractivity contribution in [3.05, 3.63) is 44.0 Å². The lowest BCUT2D eigenvalue weighted by Crippen LogP contribution is -2.37. The molecule has 1 aliphatic carbocycles. The van der Waals surface area contributed by atoms with Crippen LogP contribution >= 0.6 is 38.9 Å². The third-order valence-electron chi connectivity index (χ3n) is 5.09. The molecule has 2 saturated heterocycles. The fourth-order valence-corrected chi connectivity index (χ4v) is 7.00. The normalized spacial score (nSPS) is 25.3. The maximum absolute atomic E-state index is 14.1. The van der Waals surface area contributed by atoms with Crippen molar-refractivity contribution >= 4 is 54.6 Å². The Balaban J connectivity index is 1.57. The molecule has 1 aromatic carbocycles. The first-order valence-corrected chi connectivity index (χ1v) is 11.6. The topological polar surface area (TPSA) is 40.6 Å². The van der Waals surface area contributed by atoms with Gasteiger partial charge in [-0.1, -0.05) is 11.6 Å². The predicted molar refractivity (Wildman–Crippen MR) is 106 cm³/mol. The van der Waals surface area contributed by atoms with E-state index < -0.39 is 15.7 Å². The summed E-state index contributed by atoms with van der Waals surface area (Å²) in [7, 11) is -1.82. The van der Waals surface area contributed by atoms with E-state index >= 15 is 0 Å². The summed E-state index contributed by atoms with van der Waals surface area (Å²) in [5.74, 6) is 0. The van der Waals surface area contributed by atoms with Gasteiger partial charge in [-0.05, 0) is 64.0 Å². The third kappa shape index (κ3) is 3.09. The van der Waals surface area contributed by atoms with Crippen molar-refractivity contribution in [3.63, 3.8) is 0 Å². The highest BCUT2D eigenvalue weighted by molar-refractivity contribution is 9.11. The number of hydrogen-bond donors (Lipinski definition) is 0. The number of halogens is 3. The van der Waals surface area contributed by atoms with Crippen LogP contribution in [-0.2, 0) is 16.6 Å². The van der Waals surface area contributed by atoms with Crippen LogP contribution in [0.4, 0.5) is 10.1 Å². The Morgan fingerprint density at radius 1 is 1.42 bits per heavy atom. The molecule has 0 radical (unpaired) electrons. The minimum Gasteiger partial charge on any atom is -0.369 e. The van der Waals surface area contributed by atoms with E-state index in [0.717, 1.165) is 15.0 Å². The first-order valence-electron chi connectivity index (χ1n) is 8.13. The molecule has 1 saturated carbocycles. The Kier molecular flexibility index (Phi) is 4.63. The number of thiophene rings is 1. The molecule has 5 rings (SSSR count). The van der Waals surface area contributed by atoms with Crippen LogP contribution in [0.25, 0.3) is 0 Å². The molecule has 3 heterocycles. The lowest BCUT2D eigenvalue weighted by atomic mass is 9.83. The van der Waals surface area contributed by atoms with Gasteiger partial charge >= 0.3 is 0 Å². The number of rotatable bonds is 5. The summed E-state index contributed by atoms with van der Waals surface area (Å²) in [5, 5.41) is 2.37. The maximum atomic E-state index is 14.1. The molecular formula is C17H17BrClFN2O2S2. The standard InChI is InChI=1S/C17H17BrClFN2O2S2/c1-21(9-11-4-5-25-16(11)18)15-3-2-13(6-14(15)19)26(23,24)22-10-17(20)7-12(22)8-17/h2-6,12H,7-10H2,1H3. The van der Waals surface area contributed by atoms with Crippen molar-refractivity contribution in [3.8, 4) is 0 Å². The Hall–Kier alpha value is -0.670. The Bertz CT molecular complexity index is 959. The number of nitrogens with zero attached hydrogens (tertiary/aromatic N) is 2. The maximum Gasteiger partial charge on any atom is 0.243 e. The molecule has 4 nitrogen and oxygen atoms in total. The highest BCUT2D eigenvalue weighted by Crippen LogP contribution is 2.49. The number of hydrogen-bond acceptors (Lipinski definition) is 4. The Morgan fingerprint density at radius 2 is 2.15 bits per heavy atom. The van der Waals surface area contributed by atoms with Crippen LogP contribution in [0.15, 0.2) is 38.3 Å². The molecule has 1 aromatic heterocycles. The van der Waals surface area contributed by atoms with E-state index in [9.17, 15) is 12.8 Å². The molecule has 9 heteroatoms. The molecule has 2 aromatic rings. The SMILES string of the molecule is CN(Cc1ccsc1Br)c1ccc(S(=O)(=O)N2CC3(F)CC2C3)cc1Cl. The van der Waals surface area contributed by atoms with E-state index in [0.29, 0.717) is 24.4 Å². The molecular weight excluding hydrogens is 463 g/mol. The van der Waals surface area contributed by atoms with Gasteiger partial charge < -0.3 is 4.90 Å². The summed E-state index contributed by atoms with van der Waals surface area (Å²) in [6.45, 7) is 0.597. The minimum absolute atomic E-state index is 0.0501. The summed E-state index contributed by atoms with van der Waals surface area (Å²) in [6.07, 6.45) is 0.604. The van der Waals surface area contributed by atoms with Crippen LogP contribution in [-0.4, -0.2) is 38.0 Å². The fraction of sp³-hybridized carbons (Fsp3) is 0.412. The van der Waals surface area contributed by atoms with Gasteiger partial charge in [0.1, 0.15) is 5.67 Å². The average molecular weight is 480 g/mol. The van der Waals surface area contributed by atoms with Crippen LogP contribution in [0.5, 0.6) is 0 Å². The first kappa shape index (κ1) is 18.7. The van der Waals surface area contributed by atoms with Crippen LogP contribution in [0.1, 0.15) is 18.4 Å². The summed E-state index contributed by atoms with van der Waals surface area (Å²) in [4.78, 5) is 2.09. The largest absolute Gasteiger partial charge is 0.369 e. The molecule has 2 aliphatic heterocycles. The molecule has 140 valence electrons. The summed E-state index contributed by atoms with van der Waals surface area (Å²) in [6, 6.07) is 6.54. The Morgan fingerprint density at radius 3 is 2.69 bits per heavy atom. The number of fused-ring (bicyclic) bond motifs is 1. The molecule has 0 unspecified atom stereocenters. The monoisotopic (exact) mass is 478 g/mol. The zero-order valence-corrected chi connectivity index (χ0v) is 17.9. The van der Waals surface area contributed by atoms with Gasteiger partial charge in [-0.25, -0.2) is 12.8 Å². The van der Waals surface area contributed by atoms with Crippen molar-refractivity contribution in [2.45, 2.75) is 36.0 Å². The van der Waals surface area contributed by atoms with Crippen molar-refractivity contribution in [2.75, 3.05) is 18.5 Å². The number of alkyl halides is 1. The number of benzene rings is 1. The second kappa shape index (κ2) is 6.44. The van der Waals surface area contributed by atoms with Gasteiger partial charge in [-0.15, -0.1) is 11.3 Å². The highest BCUT2D eigenvalue weighted by Gasteiger charge is 2.59. The molecule has 3 aliphatic rings. The molecule has 0 atom stereocenters. The third-order valence-corrected chi connectivity index (χ3v) is 9.10. The zero-order chi connectivity index (χ0) is 18.7. The van der Waals surface area contributed by atoms with E-state index in [1.54, 1.807) is 23.5 Å². The summed E-state index contributed by atoms with van der Waals surface area (Å²) >= 11 is 11.5. The summed E-state index contributed by atoms with van der Waals surface area (Å²) < 4.78 is 42.1. The fourth-order valence-electron chi connectivity index (χ4n) is 3.67. The van der Waals surface area contributed by atoms with E-state index in [1.165, 1.54) is 10.4 Å². The zero-order valence-electron chi connectivity index (χ0n) is 14.0. The van der Waals surface area contributed by atoms with Gasteiger partial charge in [0.15, 0.2) is 0 Å². The average Bonchev–Trinajstić information content (AvgIpc) is 3.20. The Labute approximate surface area is 169 Å². The highest BCUT2D eigenvalue weighted by atomic mass is 79.9. The van der Waals surface area contributed by atoms with Crippen LogP contribution in [0, 0.1) is 0 Å². The van der Waals surface area contributed by atoms with Gasteiger partial charge in [0.25, 0.3) is 0 Å². The van der Waals surface area contributed by atoms with Crippen molar-refractivity contribution in [2.24, 2.45) is 0 Å². The second-order valence-electron chi connectivity index (χ2n) is 6.95. The molecule has 0 spiro atoms. The lowest BCUT2D eigenvalue weighted by Gasteiger charge is -2.29. The number of anilines is 1. The van der Waals surface area contributed by atoms with Crippen LogP contribution in [0.3, 0.4) is 0 Å². The van der Waals surface area contributed by atoms with E-state index in [4.69, 9.17) is 11.6 Å². The first-order chi connectivity index (χ1) is 12.2. The lowest BCUT2D eigenvalue weighted by molar-refractivity contribution is 0.112.